The molecule has 6 nitrogen and oxygen atoms in total. The molecule has 2 N–H and O–H groups in total. The molecule has 2 unspecified atom stereocenters. The van der Waals surface area contributed by atoms with Gasteiger partial charge in [-0.2, -0.15) is 0 Å². The number of hydrogen-bond donors (Lipinski definition) is 2. The minimum Gasteiger partial charge on any atom is -0.345 e. The van der Waals surface area contributed by atoms with Crippen LogP contribution in [0.15, 0.2) is 17.6 Å². The second-order valence-corrected chi connectivity index (χ2v) is 14.3. The molecule has 0 aliphatic rings. The summed E-state index contributed by atoms with van der Waals surface area (Å²) in [5.41, 5.74) is -0.756. The van der Waals surface area contributed by atoms with Gasteiger partial charge in [-0.15, -0.1) is 0 Å². The van der Waals surface area contributed by atoms with Crippen molar-refractivity contribution in [1.82, 2.24) is 9.97 Å². The van der Waals surface area contributed by atoms with E-state index in [1.165, 1.54) is 19.3 Å². The number of aromatic nitrogens is 2. The number of rotatable bonds is 5. The first kappa shape index (κ1) is 19.5. The molecule has 0 aliphatic carbocycles. The second kappa shape index (κ2) is 6.93. The molecule has 11 heteroatoms. The molecule has 0 aliphatic heterocycles. The standard InChI is InChI=1S/C10H17ClN2O4P2S2/c1-7(18(14,15)20)19(16,17-10(2,3)4)21-9-12-5-8(11)6-13-9/h5-7H,1-4H3,(H2,14,15,20). The Bertz CT molecular complexity index is 588. The Balaban J connectivity index is 3.16. The van der Waals surface area contributed by atoms with Crippen LogP contribution in [0.4, 0.5) is 0 Å². The highest BCUT2D eigenvalue weighted by molar-refractivity contribution is 8.58. The van der Waals surface area contributed by atoms with E-state index in [2.05, 4.69) is 21.8 Å². The van der Waals surface area contributed by atoms with Crippen LogP contribution in [0, 0.1) is 0 Å². The number of hydrogen-bond acceptors (Lipinski definition) is 6. The van der Waals surface area contributed by atoms with Crippen molar-refractivity contribution in [3.05, 3.63) is 17.4 Å². The summed E-state index contributed by atoms with van der Waals surface area (Å²) < 4.78 is 18.7. The van der Waals surface area contributed by atoms with E-state index in [0.29, 0.717) is 5.02 Å². The van der Waals surface area contributed by atoms with Gasteiger partial charge < -0.3 is 14.3 Å². The number of halogens is 1. The fourth-order valence-electron chi connectivity index (χ4n) is 1.20. The van der Waals surface area contributed by atoms with E-state index in [0.717, 1.165) is 11.4 Å². The van der Waals surface area contributed by atoms with Crippen LogP contribution in [-0.4, -0.2) is 30.8 Å². The molecular weight excluding hydrogens is 374 g/mol. The molecule has 1 rings (SSSR count). The molecule has 1 aromatic heterocycles. The minimum absolute atomic E-state index is 0.169. The van der Waals surface area contributed by atoms with Crippen molar-refractivity contribution in [3.8, 4) is 0 Å². The van der Waals surface area contributed by atoms with Gasteiger partial charge >= 0.3 is 0 Å². The normalized spacial score (nSPS) is 17.3. The Morgan fingerprint density at radius 1 is 1.38 bits per heavy atom. The Morgan fingerprint density at radius 3 is 2.24 bits per heavy atom. The summed E-state index contributed by atoms with van der Waals surface area (Å²) in [6.45, 7) is -0.817. The molecule has 0 amide bonds. The van der Waals surface area contributed by atoms with Gasteiger partial charge in [-0.1, -0.05) is 11.6 Å². The van der Waals surface area contributed by atoms with Crippen LogP contribution in [0.1, 0.15) is 27.7 Å². The van der Waals surface area contributed by atoms with Gasteiger partial charge in [0.2, 0.25) is 0 Å². The van der Waals surface area contributed by atoms with Crippen LogP contribution in [0.25, 0.3) is 0 Å². The van der Waals surface area contributed by atoms with E-state index in [1.807, 2.05) is 0 Å². The van der Waals surface area contributed by atoms with Gasteiger partial charge in [0.25, 0.3) is 6.57 Å². The zero-order chi connectivity index (χ0) is 16.5. The lowest BCUT2D eigenvalue weighted by Crippen LogP contribution is -2.20. The molecule has 0 saturated heterocycles. The van der Waals surface area contributed by atoms with Crippen LogP contribution < -0.4 is 0 Å². The van der Waals surface area contributed by atoms with Gasteiger partial charge in [-0.3, -0.25) is 4.57 Å². The molecule has 1 heterocycles. The van der Waals surface area contributed by atoms with Crippen molar-refractivity contribution < 1.29 is 18.9 Å². The SMILES string of the molecule is CC(P(=O)(OC(C)(C)C)Sc1ncc(Cl)cn1)P(O)(O)=S. The first-order valence-corrected chi connectivity index (χ1v) is 12.1. The summed E-state index contributed by atoms with van der Waals surface area (Å²) in [5.74, 6) is 0. The summed E-state index contributed by atoms with van der Waals surface area (Å²) in [5, 5.41) is -0.598. The van der Waals surface area contributed by atoms with E-state index < -0.39 is 24.1 Å². The van der Waals surface area contributed by atoms with E-state index in [-0.39, 0.29) is 5.16 Å². The van der Waals surface area contributed by atoms with Gasteiger partial charge in [-0.05, 0) is 39.5 Å². The fraction of sp³-hybridized carbons (Fsp3) is 0.600. The quantitative estimate of drug-likeness (QED) is 0.578. The van der Waals surface area contributed by atoms with Crippen LogP contribution in [-0.2, 0) is 20.9 Å². The average Bonchev–Trinajstić information content (AvgIpc) is 2.27. The summed E-state index contributed by atoms with van der Waals surface area (Å²) in [4.78, 5) is 27.3. The maximum absolute atomic E-state index is 13.1. The highest BCUT2D eigenvalue weighted by Gasteiger charge is 2.44. The zero-order valence-electron chi connectivity index (χ0n) is 11.9. The highest BCUT2D eigenvalue weighted by Crippen LogP contribution is 2.74. The van der Waals surface area contributed by atoms with Gasteiger partial charge in [0, 0.05) is 11.4 Å². The summed E-state index contributed by atoms with van der Waals surface area (Å²) >= 11 is 11.1. The van der Waals surface area contributed by atoms with Gasteiger partial charge in [0.1, 0.15) is 5.40 Å². The van der Waals surface area contributed by atoms with Crippen molar-refractivity contribution in [2.24, 2.45) is 0 Å². The first-order chi connectivity index (χ1) is 9.33. The molecule has 120 valence electrons. The second-order valence-electron chi connectivity index (χ2n) is 5.24. The molecule has 2 atom stereocenters. The van der Waals surface area contributed by atoms with Crippen LogP contribution >= 0.6 is 36.0 Å². The summed E-state index contributed by atoms with van der Waals surface area (Å²) in [6, 6.07) is 0. The highest BCUT2D eigenvalue weighted by atomic mass is 35.5. The zero-order valence-corrected chi connectivity index (χ0v) is 16.1. The van der Waals surface area contributed by atoms with Crippen molar-refractivity contribution in [3.63, 3.8) is 0 Å². The van der Waals surface area contributed by atoms with Crippen molar-refractivity contribution >= 4 is 47.9 Å². The topological polar surface area (TPSA) is 92.5 Å². The monoisotopic (exact) mass is 390 g/mol. The lowest BCUT2D eigenvalue weighted by atomic mass is 10.2. The maximum atomic E-state index is 13.1. The lowest BCUT2D eigenvalue weighted by Gasteiger charge is -2.31. The smallest absolute Gasteiger partial charge is 0.277 e. The number of nitrogens with zero attached hydrogens (tertiary/aromatic N) is 2. The van der Waals surface area contributed by atoms with Crippen molar-refractivity contribution in [2.45, 2.75) is 43.9 Å². The molecule has 0 aromatic carbocycles. The van der Waals surface area contributed by atoms with Crippen LogP contribution in [0.3, 0.4) is 0 Å². The average molecular weight is 391 g/mol. The van der Waals surface area contributed by atoms with E-state index in [4.69, 9.17) is 16.1 Å². The third-order valence-electron chi connectivity index (χ3n) is 2.15. The summed E-state index contributed by atoms with van der Waals surface area (Å²) in [7, 11) is 0. The van der Waals surface area contributed by atoms with Crippen LogP contribution in [0.5, 0.6) is 0 Å². The molecule has 0 bridgehead atoms. The minimum atomic E-state index is -3.77. The third kappa shape index (κ3) is 6.24. The van der Waals surface area contributed by atoms with E-state index in [1.54, 1.807) is 20.8 Å². The van der Waals surface area contributed by atoms with Crippen LogP contribution in [0.2, 0.25) is 5.02 Å². The van der Waals surface area contributed by atoms with E-state index in [9.17, 15) is 14.4 Å². The Hall–Kier alpha value is 0.480. The van der Waals surface area contributed by atoms with Gasteiger partial charge in [-0.25, -0.2) is 9.97 Å². The van der Waals surface area contributed by atoms with E-state index >= 15 is 0 Å². The van der Waals surface area contributed by atoms with Gasteiger partial charge in [0.15, 0.2) is 11.6 Å². The predicted octanol–water partition coefficient (Wildman–Crippen LogP) is 3.87. The predicted molar refractivity (Wildman–Crippen MR) is 89.5 cm³/mol. The Labute approximate surface area is 138 Å². The Morgan fingerprint density at radius 2 is 1.86 bits per heavy atom. The first-order valence-electron chi connectivity index (χ1n) is 5.86. The lowest BCUT2D eigenvalue weighted by molar-refractivity contribution is 0.140. The fourth-order valence-corrected chi connectivity index (χ4v) is 9.91. The van der Waals surface area contributed by atoms with Crippen molar-refractivity contribution in [1.29, 1.82) is 0 Å². The largest absolute Gasteiger partial charge is 0.345 e. The Kier molecular flexibility index (Phi) is 6.45. The molecule has 0 spiro atoms. The molecule has 0 fully saturated rings. The maximum Gasteiger partial charge on any atom is 0.277 e. The molecular formula is C10H17ClN2O4P2S2. The molecule has 0 saturated carbocycles. The molecule has 21 heavy (non-hydrogen) atoms. The molecule has 0 radical (unpaired) electrons. The summed E-state index contributed by atoms with van der Waals surface area (Å²) in [6.07, 6.45) is 2.72. The third-order valence-corrected chi connectivity index (χ3v) is 11.9. The molecule has 1 aromatic rings. The van der Waals surface area contributed by atoms with Gasteiger partial charge in [0.05, 0.1) is 23.0 Å². The van der Waals surface area contributed by atoms with Crippen molar-refractivity contribution in [2.75, 3.05) is 0 Å².